The topological polar surface area (TPSA) is 24.9 Å². The number of rotatable bonds is 4. The second-order valence-electron chi connectivity index (χ2n) is 4.47. The smallest absolute Gasteiger partial charge is 0.0925 e. The van der Waals surface area contributed by atoms with Crippen molar-refractivity contribution in [2.75, 3.05) is 0 Å². The third-order valence-corrected chi connectivity index (χ3v) is 4.45. The van der Waals surface area contributed by atoms with Gasteiger partial charge in [-0.1, -0.05) is 20.3 Å². The first-order chi connectivity index (χ1) is 7.29. The maximum absolute atomic E-state index is 4.38. The summed E-state index contributed by atoms with van der Waals surface area (Å²) in [5, 5.41) is 4.91. The van der Waals surface area contributed by atoms with Crippen LogP contribution in [0.15, 0.2) is 6.20 Å². The van der Waals surface area contributed by atoms with Crippen molar-refractivity contribution in [3.8, 4) is 0 Å². The molecule has 0 bridgehead atoms. The fraction of sp³-hybridized carbons (Fsp3) is 0.750. The summed E-state index contributed by atoms with van der Waals surface area (Å²) in [6, 6.07) is 0.733. The summed E-state index contributed by atoms with van der Waals surface area (Å²) in [4.78, 5) is 5.76. The Kier molecular flexibility index (Phi) is 3.76. The van der Waals surface area contributed by atoms with Crippen LogP contribution in [0.25, 0.3) is 0 Å². The number of nitrogens with zero attached hydrogens (tertiary/aromatic N) is 1. The Morgan fingerprint density at radius 3 is 3.00 bits per heavy atom. The van der Waals surface area contributed by atoms with Gasteiger partial charge in [0.25, 0.3) is 0 Å². The first kappa shape index (κ1) is 11.1. The van der Waals surface area contributed by atoms with Crippen molar-refractivity contribution < 1.29 is 0 Å². The molecule has 15 heavy (non-hydrogen) atoms. The Labute approximate surface area is 96.1 Å². The average Bonchev–Trinajstić information content (AvgIpc) is 2.84. The van der Waals surface area contributed by atoms with Crippen LogP contribution in [0.1, 0.15) is 43.0 Å². The first-order valence-corrected chi connectivity index (χ1v) is 6.78. The normalized spacial score (nSPS) is 26.0. The minimum atomic E-state index is 0.733. The molecule has 0 spiro atoms. The quantitative estimate of drug-likeness (QED) is 0.850. The molecule has 84 valence electrons. The monoisotopic (exact) mass is 224 g/mol. The molecule has 2 unspecified atom stereocenters. The largest absolute Gasteiger partial charge is 0.309 e. The summed E-state index contributed by atoms with van der Waals surface area (Å²) in [5.74, 6) is 0.851. The summed E-state index contributed by atoms with van der Waals surface area (Å²) >= 11 is 1.84. The van der Waals surface area contributed by atoms with Gasteiger partial charge in [0.2, 0.25) is 0 Å². The van der Waals surface area contributed by atoms with Crippen molar-refractivity contribution in [1.82, 2.24) is 10.3 Å². The molecule has 0 amide bonds. The molecule has 0 saturated heterocycles. The Morgan fingerprint density at radius 2 is 2.40 bits per heavy atom. The Hall–Kier alpha value is -0.410. The van der Waals surface area contributed by atoms with Gasteiger partial charge in [0.05, 0.1) is 5.01 Å². The fourth-order valence-electron chi connectivity index (χ4n) is 2.27. The van der Waals surface area contributed by atoms with Crippen molar-refractivity contribution >= 4 is 11.3 Å². The summed E-state index contributed by atoms with van der Waals surface area (Å²) in [7, 11) is 0. The molecule has 1 aromatic rings. The lowest BCUT2D eigenvalue weighted by Gasteiger charge is -2.16. The van der Waals surface area contributed by atoms with E-state index in [-0.39, 0.29) is 0 Å². The van der Waals surface area contributed by atoms with Gasteiger partial charge in [0, 0.05) is 23.7 Å². The SMILES string of the molecule is CCc1ncc(CNC2CCCC2C)s1. The van der Waals surface area contributed by atoms with E-state index < -0.39 is 0 Å². The molecule has 0 radical (unpaired) electrons. The molecule has 1 N–H and O–H groups in total. The second-order valence-corrected chi connectivity index (χ2v) is 5.67. The molecule has 2 rings (SSSR count). The van der Waals surface area contributed by atoms with Gasteiger partial charge in [0.1, 0.15) is 0 Å². The first-order valence-electron chi connectivity index (χ1n) is 5.96. The predicted octanol–water partition coefficient (Wildman–Crippen LogP) is 2.98. The van der Waals surface area contributed by atoms with Gasteiger partial charge < -0.3 is 5.32 Å². The van der Waals surface area contributed by atoms with Crippen molar-refractivity contribution in [2.24, 2.45) is 5.92 Å². The van der Waals surface area contributed by atoms with Gasteiger partial charge >= 0.3 is 0 Å². The molecule has 0 aliphatic heterocycles. The van der Waals surface area contributed by atoms with Gasteiger partial charge in [-0.25, -0.2) is 4.98 Å². The Bertz CT molecular complexity index is 308. The van der Waals surface area contributed by atoms with Crippen LogP contribution in [0.2, 0.25) is 0 Å². The standard InChI is InChI=1S/C12H20N2S/c1-3-12-14-8-10(15-12)7-13-11-6-4-5-9(11)2/h8-9,11,13H,3-7H2,1-2H3. The summed E-state index contributed by atoms with van der Waals surface area (Å²) in [5.41, 5.74) is 0. The molecule has 0 aromatic carbocycles. The zero-order chi connectivity index (χ0) is 10.7. The van der Waals surface area contributed by atoms with Crippen LogP contribution in [-0.4, -0.2) is 11.0 Å². The van der Waals surface area contributed by atoms with E-state index in [2.05, 4.69) is 24.1 Å². The summed E-state index contributed by atoms with van der Waals surface area (Å²) in [6.07, 6.45) is 7.21. The lowest BCUT2D eigenvalue weighted by atomic mass is 10.1. The van der Waals surface area contributed by atoms with Crippen LogP contribution < -0.4 is 5.32 Å². The minimum Gasteiger partial charge on any atom is -0.309 e. The van der Waals surface area contributed by atoms with Crippen LogP contribution in [0.5, 0.6) is 0 Å². The molecule has 2 nitrogen and oxygen atoms in total. The highest BCUT2D eigenvalue weighted by Crippen LogP contribution is 2.25. The molecule has 1 aromatic heterocycles. The van der Waals surface area contributed by atoms with Crippen LogP contribution in [-0.2, 0) is 13.0 Å². The van der Waals surface area contributed by atoms with Gasteiger partial charge in [-0.3, -0.25) is 0 Å². The zero-order valence-electron chi connectivity index (χ0n) is 9.62. The number of aryl methyl sites for hydroxylation is 1. The highest BCUT2D eigenvalue weighted by atomic mass is 32.1. The number of hydrogen-bond acceptors (Lipinski definition) is 3. The number of hydrogen-bond donors (Lipinski definition) is 1. The average molecular weight is 224 g/mol. The highest BCUT2D eigenvalue weighted by Gasteiger charge is 2.22. The molecule has 1 fully saturated rings. The van der Waals surface area contributed by atoms with Crippen molar-refractivity contribution in [2.45, 2.75) is 52.1 Å². The van der Waals surface area contributed by atoms with E-state index in [0.717, 1.165) is 24.9 Å². The molecule has 1 heterocycles. The van der Waals surface area contributed by atoms with E-state index in [1.165, 1.54) is 29.1 Å². The molecule has 1 aliphatic carbocycles. The Balaban J connectivity index is 1.82. The van der Waals surface area contributed by atoms with Gasteiger partial charge in [-0.2, -0.15) is 0 Å². The van der Waals surface area contributed by atoms with E-state index in [4.69, 9.17) is 0 Å². The predicted molar refractivity (Wildman–Crippen MR) is 65.1 cm³/mol. The number of thiazole rings is 1. The zero-order valence-corrected chi connectivity index (χ0v) is 10.4. The lowest BCUT2D eigenvalue weighted by molar-refractivity contribution is 0.427. The maximum atomic E-state index is 4.38. The maximum Gasteiger partial charge on any atom is 0.0925 e. The second kappa shape index (κ2) is 5.08. The fourth-order valence-corrected chi connectivity index (χ4v) is 3.09. The number of aromatic nitrogens is 1. The van der Waals surface area contributed by atoms with Gasteiger partial charge in [-0.15, -0.1) is 11.3 Å². The van der Waals surface area contributed by atoms with Crippen LogP contribution in [0.4, 0.5) is 0 Å². The van der Waals surface area contributed by atoms with Crippen LogP contribution in [0, 0.1) is 5.92 Å². The molecular weight excluding hydrogens is 204 g/mol. The van der Waals surface area contributed by atoms with Gasteiger partial charge in [-0.05, 0) is 25.2 Å². The third-order valence-electron chi connectivity index (χ3n) is 3.30. The van der Waals surface area contributed by atoms with Crippen molar-refractivity contribution in [3.63, 3.8) is 0 Å². The van der Waals surface area contributed by atoms with Crippen LogP contribution in [0.3, 0.4) is 0 Å². The van der Waals surface area contributed by atoms with Crippen LogP contribution >= 0.6 is 11.3 Å². The Morgan fingerprint density at radius 1 is 1.53 bits per heavy atom. The lowest BCUT2D eigenvalue weighted by Crippen LogP contribution is -2.30. The number of nitrogens with one attached hydrogen (secondary N) is 1. The van der Waals surface area contributed by atoms with Crippen molar-refractivity contribution in [3.05, 3.63) is 16.1 Å². The molecule has 2 atom stereocenters. The van der Waals surface area contributed by atoms with E-state index in [9.17, 15) is 0 Å². The van der Waals surface area contributed by atoms with E-state index in [0.29, 0.717) is 0 Å². The molecule has 1 saturated carbocycles. The highest BCUT2D eigenvalue weighted by molar-refractivity contribution is 7.11. The summed E-state index contributed by atoms with van der Waals surface area (Å²) in [6.45, 7) is 5.52. The van der Waals surface area contributed by atoms with Crippen molar-refractivity contribution in [1.29, 1.82) is 0 Å². The van der Waals surface area contributed by atoms with E-state index in [1.54, 1.807) is 0 Å². The molecule has 1 aliphatic rings. The summed E-state index contributed by atoms with van der Waals surface area (Å²) < 4.78 is 0. The van der Waals surface area contributed by atoms with E-state index >= 15 is 0 Å². The minimum absolute atomic E-state index is 0.733. The third kappa shape index (κ3) is 2.79. The van der Waals surface area contributed by atoms with Gasteiger partial charge in [0.15, 0.2) is 0 Å². The molecule has 3 heteroatoms. The van der Waals surface area contributed by atoms with E-state index in [1.807, 2.05) is 17.5 Å². The molecular formula is C12H20N2S.